The number of methoxy groups -OCH3 is 1. The third-order valence-corrected chi connectivity index (χ3v) is 6.05. The highest BCUT2D eigenvalue weighted by molar-refractivity contribution is 5.77. The van der Waals surface area contributed by atoms with Crippen molar-refractivity contribution in [3.05, 3.63) is 108 Å². The number of urea groups is 1. The molecule has 6 heteroatoms. The molecule has 1 saturated heterocycles. The van der Waals surface area contributed by atoms with Crippen LogP contribution in [0.4, 0.5) is 4.79 Å². The molecule has 0 aromatic heterocycles. The summed E-state index contributed by atoms with van der Waals surface area (Å²) < 4.78 is 11.7. The van der Waals surface area contributed by atoms with Crippen molar-refractivity contribution in [1.29, 1.82) is 0 Å². The summed E-state index contributed by atoms with van der Waals surface area (Å²) in [6, 6.07) is 29.5. The second-order valence-corrected chi connectivity index (χ2v) is 8.15. The Bertz CT molecular complexity index is 917. The van der Waals surface area contributed by atoms with Crippen LogP contribution in [0.1, 0.15) is 16.7 Å². The largest absolute Gasteiger partial charge is 0.388 e. The number of aliphatic hydroxyl groups is 1. The molecule has 3 aromatic rings. The first-order chi connectivity index (χ1) is 16.1. The van der Waals surface area contributed by atoms with Crippen LogP contribution in [0.2, 0.25) is 0 Å². The zero-order valence-corrected chi connectivity index (χ0v) is 18.8. The van der Waals surface area contributed by atoms with Crippen LogP contribution in [0, 0.1) is 0 Å². The zero-order valence-electron chi connectivity index (χ0n) is 18.8. The molecular formula is C27H30N2O4. The van der Waals surface area contributed by atoms with Gasteiger partial charge in [0.25, 0.3) is 0 Å². The van der Waals surface area contributed by atoms with Gasteiger partial charge in [0.1, 0.15) is 5.60 Å². The SMILES string of the molecule is COCCN1C[C@@H]([C@@H](O)COC(c2ccccc2)(c2ccccc2)c2ccccc2)NC1=O. The lowest BCUT2D eigenvalue weighted by molar-refractivity contribution is -0.0461. The van der Waals surface area contributed by atoms with E-state index in [0.29, 0.717) is 19.7 Å². The summed E-state index contributed by atoms with van der Waals surface area (Å²) in [5, 5.41) is 13.9. The van der Waals surface area contributed by atoms with E-state index in [0.717, 1.165) is 16.7 Å². The van der Waals surface area contributed by atoms with Gasteiger partial charge in [-0.15, -0.1) is 0 Å². The molecule has 0 unspecified atom stereocenters. The molecule has 0 radical (unpaired) electrons. The van der Waals surface area contributed by atoms with Gasteiger partial charge in [-0.1, -0.05) is 91.0 Å². The summed E-state index contributed by atoms with van der Waals surface area (Å²) in [6.07, 6.45) is -0.878. The van der Waals surface area contributed by atoms with Gasteiger partial charge in [0.05, 0.1) is 25.4 Å². The van der Waals surface area contributed by atoms with Crippen molar-refractivity contribution in [3.63, 3.8) is 0 Å². The number of carbonyl (C=O) groups is 1. The number of hydrogen-bond donors (Lipinski definition) is 2. The van der Waals surface area contributed by atoms with Crippen molar-refractivity contribution < 1.29 is 19.4 Å². The lowest BCUT2D eigenvalue weighted by Gasteiger charge is -2.37. The normalized spacial score (nSPS) is 17.1. The average Bonchev–Trinajstić information content (AvgIpc) is 3.25. The van der Waals surface area contributed by atoms with E-state index in [-0.39, 0.29) is 12.6 Å². The van der Waals surface area contributed by atoms with E-state index in [4.69, 9.17) is 9.47 Å². The minimum absolute atomic E-state index is 0.0434. The second kappa shape index (κ2) is 10.6. The van der Waals surface area contributed by atoms with E-state index in [1.54, 1.807) is 12.0 Å². The number of nitrogens with one attached hydrogen (secondary N) is 1. The summed E-state index contributed by atoms with van der Waals surface area (Å²) in [4.78, 5) is 13.9. The first-order valence-electron chi connectivity index (χ1n) is 11.2. The van der Waals surface area contributed by atoms with Crippen LogP contribution in [-0.4, -0.2) is 61.6 Å². The Morgan fingerprint density at radius 2 is 1.42 bits per heavy atom. The molecule has 3 aromatic carbocycles. The van der Waals surface area contributed by atoms with Crippen LogP contribution in [0.3, 0.4) is 0 Å². The van der Waals surface area contributed by atoms with Crippen molar-refractivity contribution in [2.75, 3.05) is 33.4 Å². The molecule has 1 aliphatic heterocycles. The quantitative estimate of drug-likeness (QED) is 0.469. The molecule has 0 aliphatic carbocycles. The highest BCUT2D eigenvalue weighted by atomic mass is 16.5. The van der Waals surface area contributed by atoms with Crippen LogP contribution in [0.5, 0.6) is 0 Å². The predicted molar refractivity (Wildman–Crippen MR) is 127 cm³/mol. The molecule has 33 heavy (non-hydrogen) atoms. The van der Waals surface area contributed by atoms with Gasteiger partial charge in [-0.2, -0.15) is 0 Å². The zero-order chi connectivity index (χ0) is 23.1. The second-order valence-electron chi connectivity index (χ2n) is 8.15. The maximum Gasteiger partial charge on any atom is 0.317 e. The van der Waals surface area contributed by atoms with Gasteiger partial charge < -0.3 is 24.8 Å². The van der Waals surface area contributed by atoms with Crippen LogP contribution < -0.4 is 5.32 Å². The molecule has 2 amide bonds. The summed E-state index contributed by atoms with van der Waals surface area (Å²) in [5.74, 6) is 0. The molecule has 0 saturated carbocycles. The van der Waals surface area contributed by atoms with Gasteiger partial charge in [-0.25, -0.2) is 4.79 Å². The van der Waals surface area contributed by atoms with Crippen LogP contribution in [0.15, 0.2) is 91.0 Å². The van der Waals surface area contributed by atoms with Crippen LogP contribution in [-0.2, 0) is 15.1 Å². The predicted octanol–water partition coefficient (Wildman–Crippen LogP) is 3.40. The summed E-state index contributed by atoms with van der Waals surface area (Å²) >= 11 is 0. The fourth-order valence-corrected chi connectivity index (χ4v) is 4.32. The first kappa shape index (κ1) is 23.0. The van der Waals surface area contributed by atoms with Gasteiger partial charge in [0.15, 0.2) is 0 Å². The van der Waals surface area contributed by atoms with Crippen LogP contribution in [0.25, 0.3) is 0 Å². The Balaban J connectivity index is 1.64. The van der Waals surface area contributed by atoms with E-state index >= 15 is 0 Å². The smallest absolute Gasteiger partial charge is 0.317 e. The minimum Gasteiger partial charge on any atom is -0.388 e. The van der Waals surface area contributed by atoms with Gasteiger partial charge in [-0.3, -0.25) is 0 Å². The topological polar surface area (TPSA) is 71.0 Å². The van der Waals surface area contributed by atoms with Crippen LogP contribution >= 0.6 is 0 Å². The van der Waals surface area contributed by atoms with Gasteiger partial charge >= 0.3 is 6.03 Å². The third kappa shape index (κ3) is 4.93. The van der Waals surface area contributed by atoms with E-state index in [1.165, 1.54) is 0 Å². The molecule has 2 atom stereocenters. The molecular weight excluding hydrogens is 416 g/mol. The molecule has 2 N–H and O–H groups in total. The third-order valence-electron chi connectivity index (χ3n) is 6.05. The Morgan fingerprint density at radius 3 is 1.88 bits per heavy atom. The molecule has 172 valence electrons. The Labute approximate surface area is 194 Å². The van der Waals surface area contributed by atoms with E-state index < -0.39 is 17.7 Å². The highest BCUT2D eigenvalue weighted by Gasteiger charge is 2.40. The molecule has 0 bridgehead atoms. The van der Waals surface area contributed by atoms with Gasteiger partial charge in [-0.05, 0) is 16.7 Å². The maximum atomic E-state index is 12.3. The summed E-state index contributed by atoms with van der Waals surface area (Å²) in [5.41, 5.74) is 1.98. The number of carbonyl (C=O) groups excluding carboxylic acids is 1. The number of rotatable bonds is 10. The molecule has 0 spiro atoms. The first-order valence-corrected chi connectivity index (χ1v) is 11.2. The van der Waals surface area contributed by atoms with Crippen molar-refractivity contribution in [2.24, 2.45) is 0 Å². The van der Waals surface area contributed by atoms with Crippen molar-refractivity contribution in [2.45, 2.75) is 17.7 Å². The standard InChI is InChI=1S/C27H30N2O4/c1-32-18-17-29-19-24(28-26(29)31)25(30)20-33-27(21-11-5-2-6-12-21,22-13-7-3-8-14-22)23-15-9-4-10-16-23/h2-16,24-25,30H,17-20H2,1H3,(H,28,31)/t24-,25-/m0/s1. The minimum atomic E-state index is -0.914. The molecule has 1 fully saturated rings. The fraction of sp³-hybridized carbons (Fsp3) is 0.296. The van der Waals surface area contributed by atoms with Gasteiger partial charge in [0, 0.05) is 20.2 Å². The molecule has 1 aliphatic rings. The number of ether oxygens (including phenoxy) is 2. The van der Waals surface area contributed by atoms with Gasteiger partial charge in [0.2, 0.25) is 0 Å². The fourth-order valence-electron chi connectivity index (χ4n) is 4.32. The summed E-state index contributed by atoms with van der Waals surface area (Å²) in [7, 11) is 1.60. The van der Waals surface area contributed by atoms with Crippen molar-refractivity contribution >= 4 is 6.03 Å². The maximum absolute atomic E-state index is 12.3. The van der Waals surface area contributed by atoms with Crippen molar-refractivity contribution in [3.8, 4) is 0 Å². The lowest BCUT2D eigenvalue weighted by Crippen LogP contribution is -2.44. The Hall–Kier alpha value is -3.19. The monoisotopic (exact) mass is 446 g/mol. The highest BCUT2D eigenvalue weighted by Crippen LogP contribution is 2.40. The Morgan fingerprint density at radius 1 is 0.939 bits per heavy atom. The average molecular weight is 447 g/mol. The number of hydrogen-bond acceptors (Lipinski definition) is 4. The molecule has 6 nitrogen and oxygen atoms in total. The summed E-state index contributed by atoms with van der Waals surface area (Å²) in [6.45, 7) is 1.38. The van der Waals surface area contributed by atoms with E-state index in [9.17, 15) is 9.90 Å². The lowest BCUT2D eigenvalue weighted by atomic mass is 9.80. The number of nitrogens with zero attached hydrogens (tertiary/aromatic N) is 1. The van der Waals surface area contributed by atoms with E-state index in [1.807, 2.05) is 91.0 Å². The van der Waals surface area contributed by atoms with Crippen molar-refractivity contribution in [1.82, 2.24) is 10.2 Å². The number of amides is 2. The number of aliphatic hydroxyl groups excluding tert-OH is 1. The number of benzene rings is 3. The molecule has 4 rings (SSSR count). The van der Waals surface area contributed by atoms with E-state index in [2.05, 4.69) is 5.32 Å². The molecule has 1 heterocycles. The Kier molecular flexibility index (Phi) is 7.40.